The van der Waals surface area contributed by atoms with E-state index in [1.54, 1.807) is 6.20 Å². The van der Waals surface area contributed by atoms with Gasteiger partial charge in [0.15, 0.2) is 0 Å². The molecule has 0 saturated heterocycles. The van der Waals surface area contributed by atoms with Crippen LogP contribution in [-0.2, 0) is 20.1 Å². The molecule has 0 spiro atoms. The summed E-state index contributed by atoms with van der Waals surface area (Å²) in [5.41, 5.74) is 7.56. The van der Waals surface area contributed by atoms with Crippen LogP contribution in [0.5, 0.6) is 0 Å². The quantitative estimate of drug-likeness (QED) is 0.134. The number of fused-ring (bicyclic) bond motifs is 3. The molecule has 0 aliphatic carbocycles. The third kappa shape index (κ3) is 6.19. The van der Waals surface area contributed by atoms with Crippen molar-refractivity contribution < 1.29 is 20.1 Å². The molecule has 3 aromatic heterocycles. The summed E-state index contributed by atoms with van der Waals surface area (Å²) in [6.07, 6.45) is 3.83. The fraction of sp³-hybridized carbons (Fsp3) is 0.0811. The third-order valence-corrected chi connectivity index (χ3v) is 9.21. The van der Waals surface area contributed by atoms with Crippen LogP contribution in [0.3, 0.4) is 0 Å². The molecule has 0 saturated carbocycles. The van der Waals surface area contributed by atoms with Crippen LogP contribution >= 0.6 is 0 Å². The molecule has 0 N–H and O–H groups in total. The number of benzene rings is 4. The number of para-hydroxylation sites is 2. The molecule has 0 aliphatic rings. The first-order chi connectivity index (χ1) is 20.0. The van der Waals surface area contributed by atoms with Gasteiger partial charge in [0, 0.05) is 43.3 Å². The van der Waals surface area contributed by atoms with Gasteiger partial charge in [-0.25, -0.2) is 0 Å². The molecule has 0 amide bonds. The molecule has 4 aromatic carbocycles. The van der Waals surface area contributed by atoms with E-state index in [2.05, 4.69) is 114 Å². The minimum Gasteiger partial charge on any atom is -0.327 e. The Bertz CT molecular complexity index is 1820. The molecular formula is C37H31IrN3Si-2. The van der Waals surface area contributed by atoms with E-state index in [0.29, 0.717) is 0 Å². The smallest absolute Gasteiger partial charge is 0.0795 e. The second kappa shape index (κ2) is 12.8. The largest absolute Gasteiger partial charge is 0.327 e. The maximum Gasteiger partial charge on any atom is 0.0795 e. The van der Waals surface area contributed by atoms with Crippen molar-refractivity contribution in [3.05, 3.63) is 146 Å². The van der Waals surface area contributed by atoms with Crippen molar-refractivity contribution in [3.63, 3.8) is 0 Å². The summed E-state index contributed by atoms with van der Waals surface area (Å²) in [7, 11) is -1.35. The molecule has 7 rings (SSSR count). The molecule has 0 bridgehead atoms. The van der Waals surface area contributed by atoms with Crippen molar-refractivity contribution in [2.24, 2.45) is 0 Å². The van der Waals surface area contributed by atoms with Crippen LogP contribution in [0.4, 0.5) is 0 Å². The SMILES string of the molecule is C[Si](C)(C)c1ccc(-c2[c-]ccc(-n3c4ccccc4c4ccccc43)c2)nc1.[Ir].[c-]1ccccc1-c1ccccn1. The van der Waals surface area contributed by atoms with Gasteiger partial charge in [0.25, 0.3) is 0 Å². The number of pyridine rings is 2. The molecule has 5 heteroatoms. The topological polar surface area (TPSA) is 30.7 Å². The molecule has 3 nitrogen and oxygen atoms in total. The summed E-state index contributed by atoms with van der Waals surface area (Å²) in [6, 6.07) is 48.1. The second-order valence-electron chi connectivity index (χ2n) is 11.0. The van der Waals surface area contributed by atoms with Crippen molar-refractivity contribution in [1.29, 1.82) is 0 Å². The zero-order valence-electron chi connectivity index (χ0n) is 23.9. The molecule has 209 valence electrons. The Hall–Kier alpha value is -4.15. The fourth-order valence-corrected chi connectivity index (χ4v) is 6.05. The van der Waals surface area contributed by atoms with Gasteiger partial charge < -0.3 is 14.5 Å². The molecule has 0 aliphatic heterocycles. The van der Waals surface area contributed by atoms with Gasteiger partial charge in [0.1, 0.15) is 0 Å². The van der Waals surface area contributed by atoms with Crippen LogP contribution in [-0.4, -0.2) is 22.6 Å². The van der Waals surface area contributed by atoms with E-state index < -0.39 is 8.07 Å². The van der Waals surface area contributed by atoms with E-state index in [1.807, 2.05) is 54.7 Å². The van der Waals surface area contributed by atoms with Crippen LogP contribution in [0.2, 0.25) is 19.6 Å². The number of aromatic nitrogens is 3. The second-order valence-corrected chi connectivity index (χ2v) is 16.1. The van der Waals surface area contributed by atoms with Crippen LogP contribution < -0.4 is 5.19 Å². The van der Waals surface area contributed by atoms with Crippen LogP contribution in [0.1, 0.15) is 0 Å². The number of nitrogens with zero attached hydrogens (tertiary/aromatic N) is 3. The zero-order chi connectivity index (χ0) is 28.2. The van der Waals surface area contributed by atoms with E-state index in [1.165, 1.54) is 27.0 Å². The molecule has 7 aromatic rings. The standard InChI is InChI=1S/C26H23N2Si.C11H8N.Ir/c1-29(2,3)21-15-16-24(27-18-21)19-9-8-10-20(17-19)28-25-13-6-4-11-22(25)23-12-5-7-14-26(23)28;1-2-6-10(7-3-1)11-8-4-5-9-12-11;/h4-8,10-18H,1-3H3;1-6,8-9H;/q2*-1;. The molecule has 0 atom stereocenters. The van der Waals surface area contributed by atoms with Gasteiger partial charge in [0.2, 0.25) is 0 Å². The summed E-state index contributed by atoms with van der Waals surface area (Å²) in [6.45, 7) is 7.04. The summed E-state index contributed by atoms with van der Waals surface area (Å²) in [4.78, 5) is 8.97. The molecule has 0 fully saturated rings. The predicted molar refractivity (Wildman–Crippen MR) is 174 cm³/mol. The van der Waals surface area contributed by atoms with Crippen LogP contribution in [0.15, 0.2) is 134 Å². The first-order valence-corrected chi connectivity index (χ1v) is 17.3. The predicted octanol–water partition coefficient (Wildman–Crippen LogP) is 8.74. The Kier molecular flexibility index (Phi) is 8.93. The minimum atomic E-state index is -1.35. The molecule has 0 unspecified atom stereocenters. The summed E-state index contributed by atoms with van der Waals surface area (Å²) in [5, 5.41) is 3.92. The average molecular weight is 738 g/mol. The number of hydrogen-bond acceptors (Lipinski definition) is 2. The monoisotopic (exact) mass is 738 g/mol. The van der Waals surface area contributed by atoms with Crippen molar-refractivity contribution in [2.45, 2.75) is 19.6 Å². The van der Waals surface area contributed by atoms with Crippen molar-refractivity contribution >= 4 is 35.1 Å². The zero-order valence-corrected chi connectivity index (χ0v) is 27.3. The van der Waals surface area contributed by atoms with E-state index in [-0.39, 0.29) is 20.1 Å². The summed E-state index contributed by atoms with van der Waals surface area (Å²) < 4.78 is 2.33. The number of hydrogen-bond donors (Lipinski definition) is 0. The van der Waals surface area contributed by atoms with Crippen LogP contribution in [0.25, 0.3) is 50.0 Å². The van der Waals surface area contributed by atoms with Gasteiger partial charge in [-0.15, -0.1) is 65.7 Å². The van der Waals surface area contributed by atoms with E-state index in [4.69, 9.17) is 4.98 Å². The Morgan fingerprint density at radius 2 is 1.24 bits per heavy atom. The molecule has 1 radical (unpaired) electrons. The molecule has 3 heterocycles. The third-order valence-electron chi connectivity index (χ3n) is 7.18. The Morgan fingerprint density at radius 3 is 1.83 bits per heavy atom. The molecular weight excluding hydrogens is 707 g/mol. The Morgan fingerprint density at radius 1 is 0.595 bits per heavy atom. The van der Waals surface area contributed by atoms with Crippen molar-refractivity contribution in [3.8, 4) is 28.2 Å². The average Bonchev–Trinajstić information content (AvgIpc) is 3.36. The van der Waals surface area contributed by atoms with Gasteiger partial charge in [0.05, 0.1) is 19.1 Å². The van der Waals surface area contributed by atoms with E-state index in [9.17, 15) is 0 Å². The number of rotatable bonds is 4. The van der Waals surface area contributed by atoms with Gasteiger partial charge >= 0.3 is 0 Å². The van der Waals surface area contributed by atoms with E-state index >= 15 is 0 Å². The van der Waals surface area contributed by atoms with Crippen LogP contribution in [0, 0.1) is 12.1 Å². The normalized spacial score (nSPS) is 11.0. The first kappa shape index (κ1) is 29.3. The maximum absolute atomic E-state index is 4.76. The fourth-order valence-electron chi connectivity index (χ4n) is 5.01. The van der Waals surface area contributed by atoms with Gasteiger partial charge in [-0.3, -0.25) is 0 Å². The van der Waals surface area contributed by atoms with Gasteiger partial charge in [-0.1, -0.05) is 80.3 Å². The van der Waals surface area contributed by atoms with Gasteiger partial charge in [-0.2, -0.15) is 0 Å². The Balaban J connectivity index is 0.000000228. The summed E-state index contributed by atoms with van der Waals surface area (Å²) in [5.74, 6) is 0. The van der Waals surface area contributed by atoms with Crippen molar-refractivity contribution in [2.75, 3.05) is 0 Å². The molecule has 42 heavy (non-hydrogen) atoms. The van der Waals surface area contributed by atoms with Crippen molar-refractivity contribution in [1.82, 2.24) is 14.5 Å². The minimum absolute atomic E-state index is 0. The first-order valence-electron chi connectivity index (χ1n) is 13.8. The van der Waals surface area contributed by atoms with Gasteiger partial charge in [-0.05, 0) is 40.5 Å². The Labute approximate surface area is 262 Å². The van der Waals surface area contributed by atoms with E-state index in [0.717, 1.165) is 28.2 Å². The summed E-state index contributed by atoms with van der Waals surface area (Å²) >= 11 is 0. The maximum atomic E-state index is 4.76.